The van der Waals surface area contributed by atoms with Gasteiger partial charge in [0.25, 0.3) is 0 Å². The summed E-state index contributed by atoms with van der Waals surface area (Å²) in [4.78, 5) is 14.5. The van der Waals surface area contributed by atoms with Gasteiger partial charge < -0.3 is 20.1 Å². The fraction of sp³-hybridized carbons (Fsp3) is 0.917. The van der Waals surface area contributed by atoms with Crippen molar-refractivity contribution in [3.63, 3.8) is 0 Å². The average Bonchev–Trinajstić information content (AvgIpc) is 2.95. The van der Waals surface area contributed by atoms with E-state index in [1.54, 1.807) is 0 Å². The number of nitrogens with zero attached hydrogens (tertiary/aromatic N) is 1. The molecule has 2 N–H and O–H groups in total. The Hall–Kier alpha value is -0.650. The SMILES string of the molecule is NC1COCC1C(=O)N1CCOC2CCCC21. The molecule has 5 nitrogen and oxygen atoms in total. The molecule has 5 heteroatoms. The van der Waals surface area contributed by atoms with Gasteiger partial charge in [0.05, 0.1) is 37.9 Å². The van der Waals surface area contributed by atoms with Crippen LogP contribution in [0.15, 0.2) is 0 Å². The molecule has 0 bridgehead atoms. The predicted molar refractivity (Wildman–Crippen MR) is 61.4 cm³/mol. The fourth-order valence-electron chi connectivity index (χ4n) is 3.24. The van der Waals surface area contributed by atoms with E-state index in [-0.39, 0.29) is 30.0 Å². The molecule has 3 rings (SSSR count). The molecular formula is C12H20N2O3. The zero-order chi connectivity index (χ0) is 11.8. The van der Waals surface area contributed by atoms with Crippen LogP contribution in [0.2, 0.25) is 0 Å². The van der Waals surface area contributed by atoms with Gasteiger partial charge in [-0.2, -0.15) is 0 Å². The summed E-state index contributed by atoms with van der Waals surface area (Å²) >= 11 is 0. The number of rotatable bonds is 1. The van der Waals surface area contributed by atoms with Crippen LogP contribution in [0.3, 0.4) is 0 Å². The predicted octanol–water partition coefficient (Wildman–Crippen LogP) is -0.260. The van der Waals surface area contributed by atoms with Crippen LogP contribution in [-0.2, 0) is 14.3 Å². The molecule has 4 atom stereocenters. The van der Waals surface area contributed by atoms with Gasteiger partial charge >= 0.3 is 0 Å². The molecule has 0 aromatic rings. The van der Waals surface area contributed by atoms with Gasteiger partial charge in [0, 0.05) is 12.6 Å². The molecule has 2 aliphatic heterocycles. The molecule has 0 aromatic carbocycles. The van der Waals surface area contributed by atoms with E-state index < -0.39 is 0 Å². The number of fused-ring (bicyclic) bond motifs is 1. The first-order valence-corrected chi connectivity index (χ1v) is 6.53. The van der Waals surface area contributed by atoms with Crippen molar-refractivity contribution in [2.75, 3.05) is 26.4 Å². The number of carbonyl (C=O) groups excluding carboxylic acids is 1. The second-order valence-electron chi connectivity index (χ2n) is 5.25. The summed E-state index contributed by atoms with van der Waals surface area (Å²) in [6.45, 7) is 2.36. The lowest BCUT2D eigenvalue weighted by atomic mass is 10.0. The first-order valence-electron chi connectivity index (χ1n) is 6.53. The maximum absolute atomic E-state index is 12.5. The van der Waals surface area contributed by atoms with Crippen LogP contribution in [0.4, 0.5) is 0 Å². The van der Waals surface area contributed by atoms with Crippen molar-refractivity contribution in [2.24, 2.45) is 11.7 Å². The van der Waals surface area contributed by atoms with Crippen LogP contribution in [0.25, 0.3) is 0 Å². The van der Waals surface area contributed by atoms with Gasteiger partial charge in [0.15, 0.2) is 0 Å². The molecule has 1 aliphatic carbocycles. The molecule has 3 aliphatic rings. The van der Waals surface area contributed by atoms with Gasteiger partial charge in [-0.1, -0.05) is 0 Å². The van der Waals surface area contributed by atoms with E-state index in [0.29, 0.717) is 26.4 Å². The number of hydrogen-bond donors (Lipinski definition) is 1. The lowest BCUT2D eigenvalue weighted by Crippen LogP contribution is -2.55. The molecule has 0 radical (unpaired) electrons. The van der Waals surface area contributed by atoms with Crippen molar-refractivity contribution in [1.29, 1.82) is 0 Å². The zero-order valence-electron chi connectivity index (χ0n) is 10.0. The summed E-state index contributed by atoms with van der Waals surface area (Å²) in [6, 6.07) is 0.147. The van der Waals surface area contributed by atoms with Crippen molar-refractivity contribution >= 4 is 5.91 Å². The highest BCUT2D eigenvalue weighted by Gasteiger charge is 2.42. The van der Waals surface area contributed by atoms with E-state index in [0.717, 1.165) is 19.3 Å². The van der Waals surface area contributed by atoms with E-state index in [1.807, 2.05) is 4.90 Å². The van der Waals surface area contributed by atoms with Crippen molar-refractivity contribution in [1.82, 2.24) is 4.90 Å². The molecule has 4 unspecified atom stereocenters. The molecule has 0 aromatic heterocycles. The van der Waals surface area contributed by atoms with Gasteiger partial charge in [0.1, 0.15) is 0 Å². The van der Waals surface area contributed by atoms with Crippen LogP contribution in [0.5, 0.6) is 0 Å². The van der Waals surface area contributed by atoms with Crippen LogP contribution in [-0.4, -0.2) is 55.4 Å². The van der Waals surface area contributed by atoms with Crippen LogP contribution in [0.1, 0.15) is 19.3 Å². The Morgan fingerprint density at radius 2 is 2.18 bits per heavy atom. The minimum atomic E-state index is -0.144. The van der Waals surface area contributed by atoms with Crippen molar-refractivity contribution in [3.05, 3.63) is 0 Å². The van der Waals surface area contributed by atoms with Gasteiger partial charge in [-0.05, 0) is 19.3 Å². The zero-order valence-corrected chi connectivity index (χ0v) is 10.0. The summed E-state index contributed by atoms with van der Waals surface area (Å²) in [6.07, 6.45) is 3.57. The van der Waals surface area contributed by atoms with Crippen LogP contribution >= 0.6 is 0 Å². The quantitative estimate of drug-likeness (QED) is 0.686. The molecule has 0 spiro atoms. The maximum Gasteiger partial charge on any atom is 0.230 e. The number of carbonyl (C=O) groups is 1. The number of amides is 1. The Morgan fingerprint density at radius 1 is 1.29 bits per heavy atom. The van der Waals surface area contributed by atoms with Gasteiger partial charge in [-0.3, -0.25) is 4.79 Å². The number of morpholine rings is 1. The third-order valence-electron chi connectivity index (χ3n) is 4.21. The topological polar surface area (TPSA) is 64.8 Å². The first-order chi connectivity index (χ1) is 8.27. The van der Waals surface area contributed by atoms with Gasteiger partial charge in [-0.15, -0.1) is 0 Å². The standard InChI is InChI=1S/C12H20N2O3/c13-9-7-16-6-8(9)12(15)14-4-5-17-11-3-1-2-10(11)14/h8-11H,1-7,13H2. The van der Waals surface area contributed by atoms with E-state index in [4.69, 9.17) is 15.2 Å². The number of ether oxygens (including phenoxy) is 2. The lowest BCUT2D eigenvalue weighted by molar-refractivity contribution is -0.148. The Bertz CT molecular complexity index is 310. The molecular weight excluding hydrogens is 220 g/mol. The minimum Gasteiger partial charge on any atom is -0.379 e. The fourth-order valence-corrected chi connectivity index (χ4v) is 3.24. The lowest BCUT2D eigenvalue weighted by Gasteiger charge is -2.39. The number of hydrogen-bond acceptors (Lipinski definition) is 4. The molecule has 2 saturated heterocycles. The van der Waals surface area contributed by atoms with Crippen molar-refractivity contribution in [3.8, 4) is 0 Å². The van der Waals surface area contributed by atoms with Crippen molar-refractivity contribution in [2.45, 2.75) is 37.5 Å². The van der Waals surface area contributed by atoms with E-state index in [2.05, 4.69) is 0 Å². The van der Waals surface area contributed by atoms with Crippen LogP contribution < -0.4 is 5.73 Å². The van der Waals surface area contributed by atoms with Crippen molar-refractivity contribution < 1.29 is 14.3 Å². The third-order valence-corrected chi connectivity index (χ3v) is 4.21. The molecule has 3 fully saturated rings. The minimum absolute atomic E-state index is 0.134. The summed E-state index contributed by atoms with van der Waals surface area (Å²) in [5, 5.41) is 0. The molecule has 2 heterocycles. The second-order valence-corrected chi connectivity index (χ2v) is 5.25. The normalized spacial score (nSPS) is 41.6. The van der Waals surface area contributed by atoms with E-state index in [9.17, 15) is 4.79 Å². The highest BCUT2D eigenvalue weighted by Crippen LogP contribution is 2.31. The average molecular weight is 240 g/mol. The molecule has 1 saturated carbocycles. The Morgan fingerprint density at radius 3 is 2.94 bits per heavy atom. The maximum atomic E-state index is 12.5. The monoisotopic (exact) mass is 240 g/mol. The summed E-state index contributed by atoms with van der Waals surface area (Å²) in [5.41, 5.74) is 5.92. The third kappa shape index (κ3) is 1.96. The first kappa shape index (κ1) is 11.4. The van der Waals surface area contributed by atoms with Gasteiger partial charge in [-0.25, -0.2) is 0 Å². The Balaban J connectivity index is 1.72. The summed E-state index contributed by atoms with van der Waals surface area (Å²) in [5.74, 6) is 0.0320. The van der Waals surface area contributed by atoms with Gasteiger partial charge in [0.2, 0.25) is 5.91 Å². The summed E-state index contributed by atoms with van der Waals surface area (Å²) in [7, 11) is 0. The smallest absolute Gasteiger partial charge is 0.230 e. The number of nitrogens with two attached hydrogens (primary N) is 1. The second kappa shape index (κ2) is 4.55. The largest absolute Gasteiger partial charge is 0.379 e. The highest BCUT2D eigenvalue weighted by atomic mass is 16.5. The Kier molecular flexibility index (Phi) is 3.06. The van der Waals surface area contributed by atoms with Crippen LogP contribution in [0, 0.1) is 5.92 Å². The molecule has 17 heavy (non-hydrogen) atoms. The van der Waals surface area contributed by atoms with E-state index in [1.165, 1.54) is 0 Å². The summed E-state index contributed by atoms with van der Waals surface area (Å²) < 4.78 is 11.0. The molecule has 1 amide bonds. The molecule has 96 valence electrons. The highest BCUT2D eigenvalue weighted by molar-refractivity contribution is 5.80. The Labute approximate surface area is 101 Å². The van der Waals surface area contributed by atoms with E-state index >= 15 is 0 Å².